The lowest BCUT2D eigenvalue weighted by Gasteiger charge is -2.04. The number of benzene rings is 1. The molecule has 1 aliphatic heterocycles. The maximum Gasteiger partial charge on any atom is 0.344 e. The molecular formula is C10H7BrFN3O2. The Morgan fingerprint density at radius 2 is 2.24 bits per heavy atom. The Morgan fingerprint density at radius 1 is 1.47 bits per heavy atom. The normalized spacial score (nSPS) is 15.8. The number of carbonyl (C=O) groups excluding carboxylic acids is 2. The Kier molecular flexibility index (Phi) is 3.19. The number of hydrogen-bond acceptors (Lipinski definition) is 3. The molecule has 3 amide bonds. The third-order valence-corrected chi connectivity index (χ3v) is 2.56. The third-order valence-electron chi connectivity index (χ3n) is 2.07. The highest BCUT2D eigenvalue weighted by Crippen LogP contribution is 2.14. The van der Waals surface area contributed by atoms with Crippen molar-refractivity contribution >= 4 is 34.1 Å². The molecular weight excluding hydrogens is 293 g/mol. The SMILES string of the molecule is O=C1CN(/N=C\c2cc(Br)ccc2F)C(=O)N1. The third kappa shape index (κ3) is 2.68. The Hall–Kier alpha value is -1.76. The van der Waals surface area contributed by atoms with E-state index >= 15 is 0 Å². The van der Waals surface area contributed by atoms with Crippen molar-refractivity contribution in [1.29, 1.82) is 0 Å². The molecule has 0 aliphatic carbocycles. The van der Waals surface area contributed by atoms with E-state index in [0.717, 1.165) is 5.01 Å². The second-order valence-corrected chi connectivity index (χ2v) is 4.24. The first-order chi connectivity index (χ1) is 8.06. The fourth-order valence-electron chi connectivity index (χ4n) is 1.27. The van der Waals surface area contributed by atoms with Gasteiger partial charge in [0.2, 0.25) is 5.91 Å². The molecule has 17 heavy (non-hydrogen) atoms. The van der Waals surface area contributed by atoms with Crippen LogP contribution in [0.25, 0.3) is 0 Å². The summed E-state index contributed by atoms with van der Waals surface area (Å²) in [6.07, 6.45) is 1.19. The fourth-order valence-corrected chi connectivity index (χ4v) is 1.65. The van der Waals surface area contributed by atoms with Gasteiger partial charge in [-0.15, -0.1) is 0 Å². The van der Waals surface area contributed by atoms with Crippen LogP contribution < -0.4 is 5.32 Å². The molecule has 1 N–H and O–H groups in total. The van der Waals surface area contributed by atoms with Gasteiger partial charge in [-0.2, -0.15) is 5.10 Å². The van der Waals surface area contributed by atoms with Gasteiger partial charge in [-0.3, -0.25) is 10.1 Å². The molecule has 1 aliphatic rings. The van der Waals surface area contributed by atoms with E-state index in [1.54, 1.807) is 6.07 Å². The van der Waals surface area contributed by atoms with Crippen LogP contribution in [-0.2, 0) is 4.79 Å². The number of rotatable bonds is 2. The maximum absolute atomic E-state index is 13.3. The van der Waals surface area contributed by atoms with E-state index in [0.29, 0.717) is 4.47 Å². The van der Waals surface area contributed by atoms with Crippen molar-refractivity contribution in [1.82, 2.24) is 10.3 Å². The minimum Gasteiger partial charge on any atom is -0.275 e. The van der Waals surface area contributed by atoms with Gasteiger partial charge in [0.05, 0.1) is 6.21 Å². The van der Waals surface area contributed by atoms with Crippen LogP contribution in [0, 0.1) is 5.82 Å². The smallest absolute Gasteiger partial charge is 0.275 e. The highest BCUT2D eigenvalue weighted by Gasteiger charge is 2.25. The summed E-state index contributed by atoms with van der Waals surface area (Å²) in [5, 5.41) is 6.74. The molecule has 1 aromatic rings. The van der Waals surface area contributed by atoms with Crippen LogP contribution in [0.15, 0.2) is 27.8 Å². The zero-order valence-electron chi connectivity index (χ0n) is 8.48. The molecule has 0 saturated carbocycles. The van der Waals surface area contributed by atoms with Crippen molar-refractivity contribution in [3.05, 3.63) is 34.1 Å². The second kappa shape index (κ2) is 4.62. The maximum atomic E-state index is 13.3. The van der Waals surface area contributed by atoms with Crippen LogP contribution in [0.1, 0.15) is 5.56 Å². The monoisotopic (exact) mass is 299 g/mol. The minimum absolute atomic E-state index is 0.148. The summed E-state index contributed by atoms with van der Waals surface area (Å²) in [4.78, 5) is 22.0. The lowest BCUT2D eigenvalue weighted by atomic mass is 10.2. The summed E-state index contributed by atoms with van der Waals surface area (Å²) in [5.41, 5.74) is 0.228. The van der Waals surface area contributed by atoms with Gasteiger partial charge in [-0.25, -0.2) is 14.2 Å². The molecule has 1 aromatic carbocycles. The van der Waals surface area contributed by atoms with E-state index < -0.39 is 17.8 Å². The fraction of sp³-hybridized carbons (Fsp3) is 0.100. The highest BCUT2D eigenvalue weighted by atomic mass is 79.9. The van der Waals surface area contributed by atoms with Gasteiger partial charge in [0, 0.05) is 10.0 Å². The van der Waals surface area contributed by atoms with Crippen molar-refractivity contribution in [2.45, 2.75) is 0 Å². The number of nitrogens with one attached hydrogen (secondary N) is 1. The molecule has 1 heterocycles. The average Bonchev–Trinajstić information content (AvgIpc) is 2.59. The summed E-state index contributed by atoms with van der Waals surface area (Å²) in [6.45, 7) is -0.148. The number of amides is 3. The van der Waals surface area contributed by atoms with E-state index in [-0.39, 0.29) is 12.1 Å². The van der Waals surface area contributed by atoms with Crippen LogP contribution in [0.2, 0.25) is 0 Å². The Bertz CT molecular complexity index is 518. The van der Waals surface area contributed by atoms with Crippen LogP contribution in [0.4, 0.5) is 9.18 Å². The van der Waals surface area contributed by atoms with Crippen molar-refractivity contribution in [3.63, 3.8) is 0 Å². The first-order valence-electron chi connectivity index (χ1n) is 4.66. The van der Waals surface area contributed by atoms with Gasteiger partial charge in [-0.05, 0) is 18.2 Å². The molecule has 1 saturated heterocycles. The molecule has 5 nitrogen and oxygen atoms in total. The highest BCUT2D eigenvalue weighted by molar-refractivity contribution is 9.10. The summed E-state index contributed by atoms with van der Waals surface area (Å²) in [6, 6.07) is 3.75. The largest absolute Gasteiger partial charge is 0.344 e. The number of imide groups is 1. The Labute approximate surface area is 104 Å². The van der Waals surface area contributed by atoms with Crippen molar-refractivity contribution < 1.29 is 14.0 Å². The predicted molar refractivity (Wildman–Crippen MR) is 61.9 cm³/mol. The van der Waals surface area contributed by atoms with Gasteiger partial charge in [-0.1, -0.05) is 15.9 Å². The number of halogens is 2. The molecule has 7 heteroatoms. The number of nitrogens with zero attached hydrogens (tertiary/aromatic N) is 2. The van der Waals surface area contributed by atoms with Crippen molar-refractivity contribution in [2.24, 2.45) is 5.10 Å². The van der Waals surface area contributed by atoms with Gasteiger partial charge in [0.1, 0.15) is 12.4 Å². The molecule has 88 valence electrons. The first kappa shape index (κ1) is 11.7. The van der Waals surface area contributed by atoms with Crippen LogP contribution in [0.5, 0.6) is 0 Å². The van der Waals surface area contributed by atoms with Crippen LogP contribution in [0.3, 0.4) is 0 Å². The molecule has 2 rings (SSSR count). The van der Waals surface area contributed by atoms with Crippen LogP contribution >= 0.6 is 15.9 Å². The van der Waals surface area contributed by atoms with E-state index in [9.17, 15) is 14.0 Å². The summed E-state index contributed by atoms with van der Waals surface area (Å²) < 4.78 is 14.0. The average molecular weight is 300 g/mol. The lowest BCUT2D eigenvalue weighted by Crippen LogP contribution is -2.24. The lowest BCUT2D eigenvalue weighted by molar-refractivity contribution is -0.118. The van der Waals surface area contributed by atoms with Crippen molar-refractivity contribution in [3.8, 4) is 0 Å². The zero-order valence-corrected chi connectivity index (χ0v) is 10.1. The summed E-state index contributed by atoms with van der Waals surface area (Å²) >= 11 is 3.20. The van der Waals surface area contributed by atoms with E-state index in [1.165, 1.54) is 18.3 Å². The van der Waals surface area contributed by atoms with Crippen LogP contribution in [-0.4, -0.2) is 29.7 Å². The standard InChI is InChI=1S/C10H7BrFN3O2/c11-7-1-2-8(12)6(3-7)4-13-15-5-9(16)14-10(15)17/h1-4H,5H2,(H,14,16,17)/b13-4-. The topological polar surface area (TPSA) is 61.8 Å². The molecule has 1 fully saturated rings. The van der Waals surface area contributed by atoms with Crippen molar-refractivity contribution in [2.75, 3.05) is 6.54 Å². The van der Waals surface area contributed by atoms with Gasteiger partial charge < -0.3 is 0 Å². The molecule has 0 atom stereocenters. The quantitative estimate of drug-likeness (QED) is 0.664. The number of hydrazone groups is 1. The predicted octanol–water partition coefficient (Wildman–Crippen LogP) is 1.47. The molecule has 0 unspecified atom stereocenters. The van der Waals surface area contributed by atoms with E-state index in [4.69, 9.17) is 0 Å². The molecule has 0 bridgehead atoms. The summed E-state index contributed by atoms with van der Waals surface area (Å²) in [7, 11) is 0. The van der Waals surface area contributed by atoms with E-state index in [1.807, 2.05) is 0 Å². The van der Waals surface area contributed by atoms with E-state index in [2.05, 4.69) is 26.3 Å². The molecule has 0 radical (unpaired) electrons. The minimum atomic E-state index is -0.610. The molecule has 0 spiro atoms. The van der Waals surface area contributed by atoms with Gasteiger partial charge in [0.15, 0.2) is 0 Å². The Morgan fingerprint density at radius 3 is 2.88 bits per heavy atom. The summed E-state index contributed by atoms with van der Waals surface area (Å²) in [5.74, 6) is -0.884. The zero-order chi connectivity index (χ0) is 12.4. The van der Waals surface area contributed by atoms with Gasteiger partial charge in [0.25, 0.3) is 0 Å². The number of carbonyl (C=O) groups is 2. The molecule has 0 aromatic heterocycles. The van der Waals surface area contributed by atoms with Gasteiger partial charge >= 0.3 is 6.03 Å². The second-order valence-electron chi connectivity index (χ2n) is 3.32. The Balaban J connectivity index is 2.18. The number of urea groups is 1. The first-order valence-corrected chi connectivity index (χ1v) is 5.46. The number of hydrogen-bond donors (Lipinski definition) is 1.